The van der Waals surface area contributed by atoms with Crippen molar-refractivity contribution in [3.63, 3.8) is 0 Å². The Morgan fingerprint density at radius 2 is 1.87 bits per heavy atom. The van der Waals surface area contributed by atoms with Gasteiger partial charge >= 0.3 is 0 Å². The van der Waals surface area contributed by atoms with Gasteiger partial charge in [0, 0.05) is 35.0 Å². The third kappa shape index (κ3) is 4.59. The van der Waals surface area contributed by atoms with Gasteiger partial charge in [0.15, 0.2) is 9.84 Å². The Morgan fingerprint density at radius 3 is 2.60 bits per heavy atom. The van der Waals surface area contributed by atoms with Gasteiger partial charge in [-0.15, -0.1) is 0 Å². The number of halogens is 3. The third-order valence-electron chi connectivity index (χ3n) is 5.69. The number of benzene rings is 2. The minimum atomic E-state index is -3.35. The summed E-state index contributed by atoms with van der Waals surface area (Å²) in [6, 6.07) is 8.31. The number of nitrogens with one attached hydrogen (secondary N) is 1. The van der Waals surface area contributed by atoms with E-state index in [-0.39, 0.29) is 22.1 Å². The molecule has 5 nitrogen and oxygen atoms in total. The second-order valence-electron chi connectivity index (χ2n) is 7.77. The van der Waals surface area contributed by atoms with Crippen molar-refractivity contribution in [3.05, 3.63) is 56.5 Å². The molecule has 1 N–H and O–H groups in total. The fourth-order valence-corrected chi connectivity index (χ4v) is 5.74. The molecule has 1 aliphatic heterocycles. The highest BCUT2D eigenvalue weighted by atomic mass is 35.5. The molecule has 0 bridgehead atoms. The van der Waals surface area contributed by atoms with E-state index in [0.29, 0.717) is 15.8 Å². The first-order chi connectivity index (χ1) is 14.2. The fraction of sp³-hybridized carbons (Fsp3) is 0.429. The van der Waals surface area contributed by atoms with E-state index in [0.717, 1.165) is 56.4 Å². The molecule has 0 spiro atoms. The molecule has 0 aromatic heterocycles. The molecule has 30 heavy (non-hydrogen) atoms. The molecule has 1 heterocycles. The summed E-state index contributed by atoms with van der Waals surface area (Å²) in [6.45, 7) is 3.77. The second kappa shape index (κ2) is 8.85. The number of rotatable bonds is 4. The first-order valence-corrected chi connectivity index (χ1v) is 12.9. The van der Waals surface area contributed by atoms with Gasteiger partial charge in [-0.05, 0) is 61.8 Å². The number of ether oxygens (including phenoxy) is 1. The van der Waals surface area contributed by atoms with Gasteiger partial charge in [-0.2, -0.15) is 0 Å². The smallest absolute Gasteiger partial charge is 0.175 e. The Bertz CT molecular complexity index is 1050. The van der Waals surface area contributed by atoms with Crippen LogP contribution < -0.4 is 10.1 Å². The van der Waals surface area contributed by atoms with Crippen molar-refractivity contribution in [1.82, 2.24) is 10.2 Å². The van der Waals surface area contributed by atoms with Crippen LogP contribution in [0.4, 0.5) is 0 Å². The number of fused-ring (bicyclic) bond motifs is 1. The van der Waals surface area contributed by atoms with Gasteiger partial charge in [0.25, 0.3) is 0 Å². The standard InChI is InChI=1S/C21H23Cl3N2O3S/c1-30(27,28)14-3-4-20(18(24)11-14)29-21-16-9-13(22)10-17(23)15(16)12-19(21)26-7-2-5-25-6-8-26/h3-4,9-11,19,21,25H,2,5-8,12H2,1H3/t19-,21+/m0/s1. The minimum Gasteiger partial charge on any atom is -0.482 e. The zero-order valence-corrected chi connectivity index (χ0v) is 19.6. The molecular weight excluding hydrogens is 467 g/mol. The first-order valence-electron chi connectivity index (χ1n) is 9.83. The first kappa shape index (κ1) is 22.2. The average molecular weight is 490 g/mol. The number of sulfone groups is 1. The van der Waals surface area contributed by atoms with Gasteiger partial charge in [0.2, 0.25) is 0 Å². The number of hydrogen-bond donors (Lipinski definition) is 1. The van der Waals surface area contributed by atoms with Crippen LogP contribution in [-0.2, 0) is 16.3 Å². The summed E-state index contributed by atoms with van der Waals surface area (Å²) in [5.41, 5.74) is 2.00. The Hall–Kier alpha value is -1.02. The van der Waals surface area contributed by atoms with E-state index in [9.17, 15) is 8.42 Å². The summed E-state index contributed by atoms with van der Waals surface area (Å²) in [6.07, 6.45) is 2.66. The molecule has 9 heteroatoms. The van der Waals surface area contributed by atoms with Crippen molar-refractivity contribution in [2.24, 2.45) is 0 Å². The highest BCUT2D eigenvalue weighted by Gasteiger charge is 2.40. The highest BCUT2D eigenvalue weighted by Crippen LogP contribution is 2.44. The summed E-state index contributed by atoms with van der Waals surface area (Å²) in [5, 5.41) is 4.89. The van der Waals surface area contributed by atoms with Crippen molar-refractivity contribution < 1.29 is 13.2 Å². The van der Waals surface area contributed by atoms with E-state index in [2.05, 4.69) is 10.2 Å². The molecule has 1 saturated heterocycles. The summed E-state index contributed by atoms with van der Waals surface area (Å²) in [4.78, 5) is 2.58. The van der Waals surface area contributed by atoms with Crippen LogP contribution in [0.3, 0.4) is 0 Å². The van der Waals surface area contributed by atoms with Gasteiger partial charge in [-0.3, -0.25) is 4.90 Å². The maximum Gasteiger partial charge on any atom is 0.175 e. The van der Waals surface area contributed by atoms with Crippen LogP contribution in [0.5, 0.6) is 5.75 Å². The Kier molecular flexibility index (Phi) is 6.54. The summed E-state index contributed by atoms with van der Waals surface area (Å²) < 4.78 is 30.1. The highest BCUT2D eigenvalue weighted by molar-refractivity contribution is 7.90. The lowest BCUT2D eigenvalue weighted by molar-refractivity contribution is 0.0821. The monoisotopic (exact) mass is 488 g/mol. The van der Waals surface area contributed by atoms with E-state index >= 15 is 0 Å². The minimum absolute atomic E-state index is 0.0847. The SMILES string of the molecule is CS(=O)(=O)c1ccc(O[C@@H]2c3cc(Cl)cc(Cl)c3C[C@@H]2N2CCCNCC2)c(Cl)c1. The zero-order valence-electron chi connectivity index (χ0n) is 16.5. The molecule has 1 aliphatic carbocycles. The van der Waals surface area contributed by atoms with E-state index in [1.165, 1.54) is 12.1 Å². The molecule has 0 radical (unpaired) electrons. The molecular formula is C21H23Cl3N2O3S. The van der Waals surface area contributed by atoms with E-state index in [1.807, 2.05) is 6.07 Å². The molecule has 0 unspecified atom stereocenters. The van der Waals surface area contributed by atoms with Crippen LogP contribution in [0.15, 0.2) is 35.2 Å². The van der Waals surface area contributed by atoms with Crippen LogP contribution in [0.1, 0.15) is 23.7 Å². The third-order valence-corrected chi connectivity index (χ3v) is 7.65. The topological polar surface area (TPSA) is 58.6 Å². The van der Waals surface area contributed by atoms with E-state index in [1.54, 1.807) is 12.1 Å². The zero-order chi connectivity index (χ0) is 21.5. The Morgan fingerprint density at radius 1 is 1.07 bits per heavy atom. The number of nitrogens with zero attached hydrogens (tertiary/aromatic N) is 1. The average Bonchev–Trinajstić information content (AvgIpc) is 2.85. The van der Waals surface area contributed by atoms with Crippen LogP contribution in [0, 0.1) is 0 Å². The van der Waals surface area contributed by atoms with Gasteiger partial charge in [-0.25, -0.2) is 8.42 Å². The molecule has 0 amide bonds. The molecule has 162 valence electrons. The van der Waals surface area contributed by atoms with Crippen LogP contribution in [0.2, 0.25) is 15.1 Å². The number of hydrogen-bond acceptors (Lipinski definition) is 5. The normalized spacial score (nSPS) is 22.5. The Labute approximate surface area is 192 Å². The molecule has 2 atom stereocenters. The molecule has 2 aromatic carbocycles. The lowest BCUT2D eigenvalue weighted by Crippen LogP contribution is -2.42. The van der Waals surface area contributed by atoms with Crippen molar-refractivity contribution >= 4 is 44.6 Å². The lowest BCUT2D eigenvalue weighted by Gasteiger charge is -2.32. The van der Waals surface area contributed by atoms with Crippen LogP contribution in [-0.4, -0.2) is 51.8 Å². The van der Waals surface area contributed by atoms with Crippen molar-refractivity contribution in [2.75, 3.05) is 32.4 Å². The van der Waals surface area contributed by atoms with Gasteiger partial charge in [-0.1, -0.05) is 34.8 Å². The largest absolute Gasteiger partial charge is 0.482 e. The lowest BCUT2D eigenvalue weighted by atomic mass is 10.1. The van der Waals surface area contributed by atoms with Crippen molar-refractivity contribution in [2.45, 2.75) is 29.9 Å². The maximum absolute atomic E-state index is 11.8. The molecule has 2 aromatic rings. The van der Waals surface area contributed by atoms with Gasteiger partial charge in [0.05, 0.1) is 16.0 Å². The predicted octanol–water partition coefficient (Wildman–Crippen LogP) is 4.39. The van der Waals surface area contributed by atoms with E-state index in [4.69, 9.17) is 39.5 Å². The van der Waals surface area contributed by atoms with E-state index < -0.39 is 9.84 Å². The van der Waals surface area contributed by atoms with Crippen molar-refractivity contribution in [3.8, 4) is 5.75 Å². The predicted molar refractivity (Wildman–Crippen MR) is 121 cm³/mol. The van der Waals surface area contributed by atoms with Crippen LogP contribution in [0.25, 0.3) is 0 Å². The summed E-state index contributed by atoms with van der Waals surface area (Å²) in [7, 11) is -3.35. The Balaban J connectivity index is 1.71. The van der Waals surface area contributed by atoms with Crippen LogP contribution >= 0.6 is 34.8 Å². The molecule has 2 aliphatic rings. The maximum atomic E-state index is 11.8. The molecule has 4 rings (SSSR count). The van der Waals surface area contributed by atoms with Gasteiger partial charge < -0.3 is 10.1 Å². The molecule has 0 saturated carbocycles. The van der Waals surface area contributed by atoms with Crippen molar-refractivity contribution in [1.29, 1.82) is 0 Å². The van der Waals surface area contributed by atoms with Gasteiger partial charge in [0.1, 0.15) is 11.9 Å². The quantitative estimate of drug-likeness (QED) is 0.690. The molecule has 1 fully saturated rings. The second-order valence-corrected chi connectivity index (χ2v) is 11.0. The fourth-order valence-electron chi connectivity index (χ4n) is 4.22. The summed E-state index contributed by atoms with van der Waals surface area (Å²) in [5.74, 6) is 0.441. The summed E-state index contributed by atoms with van der Waals surface area (Å²) >= 11 is 19.2.